The second-order valence-electron chi connectivity index (χ2n) is 6.78. The first-order chi connectivity index (χ1) is 9.07. The summed E-state index contributed by atoms with van der Waals surface area (Å²) in [6.45, 7) is 16.3. The van der Waals surface area contributed by atoms with E-state index in [0.29, 0.717) is 0 Å². The molecule has 0 saturated carbocycles. The van der Waals surface area contributed by atoms with Crippen LogP contribution in [0.25, 0.3) is 0 Å². The molecule has 1 aliphatic rings. The van der Waals surface area contributed by atoms with Crippen LogP contribution in [-0.2, 0) is 4.79 Å². The van der Waals surface area contributed by atoms with Gasteiger partial charge in [-0.3, -0.25) is 4.79 Å². The summed E-state index contributed by atoms with van der Waals surface area (Å²) in [4.78, 5) is 12.5. The molecule has 1 rings (SSSR count). The Hall–Kier alpha value is -1.44. The van der Waals surface area contributed by atoms with Crippen LogP contribution in [-0.4, -0.2) is 12.0 Å². The molecule has 1 N–H and O–H groups in total. The van der Waals surface area contributed by atoms with E-state index in [9.17, 15) is 4.79 Å². The second kappa shape index (κ2) is 6.83. The van der Waals surface area contributed by atoms with Gasteiger partial charge >= 0.3 is 0 Å². The number of nitrogens with one attached hydrogen (secondary N) is 1. The van der Waals surface area contributed by atoms with Crippen LogP contribution in [0.5, 0.6) is 0 Å². The molecule has 2 heteroatoms. The molecule has 20 heavy (non-hydrogen) atoms. The van der Waals surface area contributed by atoms with Crippen molar-refractivity contribution in [3.05, 3.63) is 34.9 Å². The maximum absolute atomic E-state index is 12.5. The number of allylic oxidation sites excluding steroid dienone is 6. The van der Waals surface area contributed by atoms with E-state index in [-0.39, 0.29) is 16.6 Å². The van der Waals surface area contributed by atoms with Crippen LogP contribution < -0.4 is 0 Å². The standard InChI is InChI=1S/C16H23NO.C2H6/c1-15(2,3)12-9-11(7-8-17)10-13(14(12)18)16(4,5)6;1-2/h7-10,17H,1-6H3;1-2H3. The van der Waals surface area contributed by atoms with E-state index in [2.05, 4.69) is 0 Å². The first-order valence-electron chi connectivity index (χ1n) is 7.27. The van der Waals surface area contributed by atoms with Gasteiger partial charge in [-0.25, -0.2) is 0 Å². The quantitative estimate of drug-likeness (QED) is 0.663. The fraction of sp³-hybridized carbons (Fsp3) is 0.556. The van der Waals surface area contributed by atoms with Gasteiger partial charge < -0.3 is 5.41 Å². The lowest BCUT2D eigenvalue weighted by molar-refractivity contribution is -0.114. The number of ketones is 1. The van der Waals surface area contributed by atoms with Crippen molar-refractivity contribution in [2.75, 3.05) is 0 Å². The SMILES string of the molecule is CC.CC(C)(C)C1=CC(=CC=N)C=C(C(C)(C)C)C1=O. The average Bonchev–Trinajstić information content (AvgIpc) is 2.31. The molecule has 0 amide bonds. The molecule has 0 fully saturated rings. The van der Waals surface area contributed by atoms with E-state index in [1.807, 2.05) is 67.5 Å². The predicted molar refractivity (Wildman–Crippen MR) is 88.3 cm³/mol. The third kappa shape index (κ3) is 4.59. The second-order valence-corrected chi connectivity index (χ2v) is 6.78. The lowest BCUT2D eigenvalue weighted by Crippen LogP contribution is -2.27. The summed E-state index contributed by atoms with van der Waals surface area (Å²) < 4.78 is 0. The van der Waals surface area contributed by atoms with Crippen LogP contribution in [0.1, 0.15) is 55.4 Å². The predicted octanol–water partition coefficient (Wildman–Crippen LogP) is 5.12. The Morgan fingerprint density at radius 2 is 1.25 bits per heavy atom. The van der Waals surface area contributed by atoms with Crippen molar-refractivity contribution in [1.29, 1.82) is 5.41 Å². The van der Waals surface area contributed by atoms with E-state index < -0.39 is 0 Å². The summed E-state index contributed by atoms with van der Waals surface area (Å²) in [5.41, 5.74) is 2.22. The van der Waals surface area contributed by atoms with Crippen molar-refractivity contribution in [2.45, 2.75) is 55.4 Å². The number of carbonyl (C=O) groups excluding carboxylic acids is 1. The zero-order valence-corrected chi connectivity index (χ0v) is 14.2. The molecule has 0 unspecified atom stereocenters. The smallest absolute Gasteiger partial charge is 0.186 e. The molecule has 0 saturated heterocycles. The van der Waals surface area contributed by atoms with Gasteiger partial charge in [0.15, 0.2) is 5.78 Å². The molecule has 0 spiro atoms. The first kappa shape index (κ1) is 18.6. The van der Waals surface area contributed by atoms with Crippen LogP contribution in [0.4, 0.5) is 0 Å². The highest BCUT2D eigenvalue weighted by Crippen LogP contribution is 2.38. The van der Waals surface area contributed by atoms with Crippen LogP contribution >= 0.6 is 0 Å². The van der Waals surface area contributed by atoms with Gasteiger partial charge in [-0.2, -0.15) is 0 Å². The highest BCUT2D eigenvalue weighted by Gasteiger charge is 2.33. The summed E-state index contributed by atoms with van der Waals surface area (Å²) in [7, 11) is 0. The molecule has 0 aromatic rings. The summed E-state index contributed by atoms with van der Waals surface area (Å²) >= 11 is 0. The van der Waals surface area contributed by atoms with Crippen molar-refractivity contribution >= 4 is 12.0 Å². The molecule has 0 bridgehead atoms. The Morgan fingerprint density at radius 1 is 0.900 bits per heavy atom. The highest BCUT2D eigenvalue weighted by molar-refractivity contribution is 6.12. The Kier molecular flexibility index (Phi) is 6.33. The van der Waals surface area contributed by atoms with Crippen molar-refractivity contribution < 1.29 is 4.79 Å². The minimum absolute atomic E-state index is 0.136. The van der Waals surface area contributed by atoms with E-state index in [4.69, 9.17) is 5.41 Å². The van der Waals surface area contributed by atoms with Crippen molar-refractivity contribution in [1.82, 2.24) is 0 Å². The Morgan fingerprint density at radius 3 is 1.50 bits per heavy atom. The molecule has 0 atom stereocenters. The van der Waals surface area contributed by atoms with E-state index in [1.54, 1.807) is 6.08 Å². The molecule has 0 aliphatic heterocycles. The molecule has 112 valence electrons. The first-order valence-corrected chi connectivity index (χ1v) is 7.27. The maximum atomic E-state index is 12.5. The molecular weight excluding hydrogens is 246 g/mol. The van der Waals surface area contributed by atoms with Gasteiger partial charge in [0, 0.05) is 17.4 Å². The minimum atomic E-state index is -0.178. The topological polar surface area (TPSA) is 40.9 Å². The van der Waals surface area contributed by atoms with Crippen molar-refractivity contribution in [3.63, 3.8) is 0 Å². The zero-order chi connectivity index (χ0) is 16.1. The van der Waals surface area contributed by atoms with Gasteiger partial charge in [-0.1, -0.05) is 55.4 Å². The van der Waals surface area contributed by atoms with Crippen LogP contribution in [0.15, 0.2) is 34.9 Å². The molecule has 2 nitrogen and oxygen atoms in total. The lowest BCUT2D eigenvalue weighted by atomic mass is 9.72. The number of hydrogen-bond acceptors (Lipinski definition) is 2. The molecule has 0 heterocycles. The van der Waals surface area contributed by atoms with Gasteiger partial charge in [0.25, 0.3) is 0 Å². The summed E-state index contributed by atoms with van der Waals surface area (Å²) in [6.07, 6.45) is 6.80. The van der Waals surface area contributed by atoms with E-state index in [0.717, 1.165) is 16.7 Å². The Bertz CT molecular complexity index is 427. The van der Waals surface area contributed by atoms with Gasteiger partial charge in [0.1, 0.15) is 0 Å². The van der Waals surface area contributed by atoms with Crippen LogP contribution in [0, 0.1) is 16.2 Å². The van der Waals surface area contributed by atoms with Gasteiger partial charge in [-0.15, -0.1) is 0 Å². The minimum Gasteiger partial charge on any atom is -0.309 e. The van der Waals surface area contributed by atoms with Crippen molar-refractivity contribution in [3.8, 4) is 0 Å². The molecular formula is C18H29NO. The number of hydrogen-bond donors (Lipinski definition) is 1. The van der Waals surface area contributed by atoms with E-state index in [1.165, 1.54) is 6.21 Å². The number of Topliss-reactive ketones (excluding diaryl/α,β-unsaturated/α-hetero) is 1. The fourth-order valence-electron chi connectivity index (χ4n) is 1.96. The molecule has 1 aliphatic carbocycles. The van der Waals surface area contributed by atoms with Crippen molar-refractivity contribution in [2.24, 2.45) is 10.8 Å². The monoisotopic (exact) mass is 275 g/mol. The third-order valence-corrected chi connectivity index (χ3v) is 3.00. The number of rotatable bonds is 1. The van der Waals surface area contributed by atoms with Gasteiger partial charge in [0.2, 0.25) is 0 Å². The van der Waals surface area contributed by atoms with Gasteiger partial charge in [0.05, 0.1) is 0 Å². The Labute approximate surface area is 124 Å². The van der Waals surface area contributed by atoms with E-state index >= 15 is 0 Å². The van der Waals surface area contributed by atoms with Crippen LogP contribution in [0.2, 0.25) is 0 Å². The summed E-state index contributed by atoms with van der Waals surface area (Å²) in [5.74, 6) is 0.136. The Balaban J connectivity index is 0.00000172. The largest absolute Gasteiger partial charge is 0.309 e. The van der Waals surface area contributed by atoms with Crippen LogP contribution in [0.3, 0.4) is 0 Å². The molecule has 0 radical (unpaired) electrons. The number of carbonyl (C=O) groups is 1. The normalized spacial score (nSPS) is 15.8. The summed E-state index contributed by atoms with van der Waals surface area (Å²) in [6, 6.07) is 0. The molecule has 0 aromatic heterocycles. The highest BCUT2D eigenvalue weighted by atomic mass is 16.1. The zero-order valence-electron chi connectivity index (χ0n) is 14.2. The third-order valence-electron chi connectivity index (χ3n) is 3.00. The summed E-state index contributed by atoms with van der Waals surface area (Å²) in [5, 5.41) is 7.19. The molecule has 0 aromatic carbocycles. The lowest BCUT2D eigenvalue weighted by Gasteiger charge is -2.31. The fourth-order valence-corrected chi connectivity index (χ4v) is 1.96. The maximum Gasteiger partial charge on any atom is 0.186 e. The average molecular weight is 275 g/mol. The van der Waals surface area contributed by atoms with Gasteiger partial charge in [-0.05, 0) is 34.6 Å².